The summed E-state index contributed by atoms with van der Waals surface area (Å²) in [5.74, 6) is -3.33. The van der Waals surface area contributed by atoms with Crippen LogP contribution >= 0.6 is 23.1 Å². The van der Waals surface area contributed by atoms with Crippen molar-refractivity contribution in [1.82, 2.24) is 4.98 Å². The molecule has 2 N–H and O–H groups in total. The SMILES string of the molecule is Cc1ccc2sc(NS(=O)(=O)C/C(O)=C3\C(=O)N4C(=NS3(=O)=O)Sc3c(C)cccc34)nc2c1. The topological polar surface area (TPSA) is 146 Å². The van der Waals surface area contributed by atoms with Crippen LogP contribution in [-0.2, 0) is 24.8 Å². The number of aryl methyl sites for hydroxylation is 2. The van der Waals surface area contributed by atoms with Crippen molar-refractivity contribution in [3.8, 4) is 0 Å². The van der Waals surface area contributed by atoms with Gasteiger partial charge in [0.15, 0.2) is 15.2 Å². The van der Waals surface area contributed by atoms with Crippen molar-refractivity contribution < 1.29 is 26.7 Å². The minimum absolute atomic E-state index is 0.0527. The predicted octanol–water partition coefficient (Wildman–Crippen LogP) is 3.26. The van der Waals surface area contributed by atoms with Gasteiger partial charge >= 0.3 is 0 Å². The Kier molecular flexibility index (Phi) is 5.24. The first-order valence-electron chi connectivity index (χ1n) is 9.72. The number of aliphatic hydroxyl groups is 1. The van der Waals surface area contributed by atoms with Gasteiger partial charge in [0.25, 0.3) is 15.9 Å². The maximum absolute atomic E-state index is 13.1. The lowest BCUT2D eigenvalue weighted by atomic mass is 10.2. The molecule has 1 amide bonds. The summed E-state index contributed by atoms with van der Waals surface area (Å²) in [7, 11) is -8.93. The highest BCUT2D eigenvalue weighted by atomic mass is 32.2. The fourth-order valence-electron chi connectivity index (χ4n) is 3.57. The molecule has 176 valence electrons. The molecule has 34 heavy (non-hydrogen) atoms. The first-order chi connectivity index (χ1) is 15.9. The number of fused-ring (bicyclic) bond motifs is 4. The van der Waals surface area contributed by atoms with Crippen LogP contribution < -0.4 is 9.62 Å². The smallest absolute Gasteiger partial charge is 0.293 e. The third-order valence-corrected chi connectivity index (χ3v) is 9.93. The van der Waals surface area contributed by atoms with E-state index in [0.717, 1.165) is 43.8 Å². The van der Waals surface area contributed by atoms with Crippen LogP contribution in [-0.4, -0.2) is 43.8 Å². The summed E-state index contributed by atoms with van der Waals surface area (Å²) in [6.45, 7) is 3.68. The third kappa shape index (κ3) is 3.85. The number of benzene rings is 2. The predicted molar refractivity (Wildman–Crippen MR) is 132 cm³/mol. The molecule has 10 nitrogen and oxygen atoms in total. The largest absolute Gasteiger partial charge is 0.509 e. The van der Waals surface area contributed by atoms with Gasteiger partial charge in [0.1, 0.15) is 11.5 Å². The molecule has 2 aliphatic rings. The number of carbonyl (C=O) groups is 1. The van der Waals surface area contributed by atoms with Crippen molar-refractivity contribution in [2.45, 2.75) is 18.7 Å². The number of sulfonamides is 2. The molecule has 0 atom stereocenters. The van der Waals surface area contributed by atoms with Gasteiger partial charge in [-0.1, -0.05) is 29.5 Å². The van der Waals surface area contributed by atoms with E-state index in [4.69, 9.17) is 0 Å². The minimum atomic E-state index is -4.63. The Bertz CT molecular complexity index is 1670. The molecule has 5 rings (SSSR count). The number of anilines is 2. The Balaban J connectivity index is 1.49. The van der Waals surface area contributed by atoms with Crippen LogP contribution in [0.4, 0.5) is 10.8 Å². The molecule has 3 aromatic rings. The zero-order valence-electron chi connectivity index (χ0n) is 17.6. The van der Waals surface area contributed by atoms with Crippen LogP contribution in [0, 0.1) is 13.8 Å². The van der Waals surface area contributed by atoms with E-state index < -0.39 is 42.4 Å². The van der Waals surface area contributed by atoms with Crippen molar-refractivity contribution in [1.29, 1.82) is 0 Å². The van der Waals surface area contributed by atoms with Gasteiger partial charge in [-0.15, -0.1) is 4.40 Å². The molecule has 14 heteroatoms. The summed E-state index contributed by atoms with van der Waals surface area (Å²) >= 11 is 2.10. The molecular formula is C20H16N4O6S4. The highest BCUT2D eigenvalue weighted by Gasteiger charge is 2.45. The van der Waals surface area contributed by atoms with E-state index in [1.165, 1.54) is 0 Å². The van der Waals surface area contributed by atoms with Gasteiger partial charge in [-0.25, -0.2) is 13.4 Å². The summed E-state index contributed by atoms with van der Waals surface area (Å²) in [6, 6.07) is 10.6. The molecule has 0 saturated carbocycles. The normalized spacial score (nSPS) is 18.5. The van der Waals surface area contributed by atoms with Gasteiger partial charge in [0.05, 0.1) is 15.9 Å². The molecule has 0 aliphatic carbocycles. The van der Waals surface area contributed by atoms with E-state index in [9.17, 15) is 26.7 Å². The number of nitrogens with zero attached hydrogens (tertiary/aromatic N) is 3. The van der Waals surface area contributed by atoms with Gasteiger partial charge < -0.3 is 5.11 Å². The van der Waals surface area contributed by atoms with Crippen molar-refractivity contribution in [3.63, 3.8) is 0 Å². The Morgan fingerprint density at radius 2 is 1.97 bits per heavy atom. The van der Waals surface area contributed by atoms with Crippen LogP contribution in [0.1, 0.15) is 11.1 Å². The van der Waals surface area contributed by atoms with Gasteiger partial charge in [-0.3, -0.25) is 14.4 Å². The van der Waals surface area contributed by atoms with E-state index in [1.807, 2.05) is 13.0 Å². The first kappa shape index (κ1) is 22.8. The van der Waals surface area contributed by atoms with Crippen molar-refractivity contribution in [3.05, 3.63) is 58.2 Å². The second kappa shape index (κ2) is 7.80. The second-order valence-corrected chi connectivity index (χ2v) is 12.9. The van der Waals surface area contributed by atoms with Gasteiger partial charge in [0, 0.05) is 4.90 Å². The number of nitrogens with one attached hydrogen (secondary N) is 1. The summed E-state index contributed by atoms with van der Waals surface area (Å²) in [6.07, 6.45) is 0. The number of thiazole rings is 1. The standard InChI is InChI=1S/C20H16N4O6S4/c1-10-6-7-15-12(8-10)21-19(31-15)22-33(27,28)9-14(25)17-18(26)24-13-5-3-4-11(2)16(13)32-20(24)23-34(17,29)30/h3-8,25H,9H2,1-2H3,(H,21,22)/b17-14-. The molecule has 0 spiro atoms. The lowest BCUT2D eigenvalue weighted by molar-refractivity contribution is -0.113. The van der Waals surface area contributed by atoms with Crippen LogP contribution in [0.25, 0.3) is 10.2 Å². The van der Waals surface area contributed by atoms with E-state index in [2.05, 4.69) is 14.1 Å². The van der Waals surface area contributed by atoms with E-state index in [-0.39, 0.29) is 10.3 Å². The van der Waals surface area contributed by atoms with Crippen LogP contribution in [0.2, 0.25) is 0 Å². The number of amidine groups is 1. The van der Waals surface area contributed by atoms with Crippen molar-refractivity contribution in [2.75, 3.05) is 15.4 Å². The fourth-order valence-corrected chi connectivity index (χ4v) is 8.25. The van der Waals surface area contributed by atoms with Gasteiger partial charge in [0.2, 0.25) is 10.0 Å². The number of thioether (sulfide) groups is 1. The van der Waals surface area contributed by atoms with Crippen LogP contribution in [0.3, 0.4) is 0 Å². The summed E-state index contributed by atoms with van der Waals surface area (Å²) < 4.78 is 57.4. The average Bonchev–Trinajstić information content (AvgIpc) is 3.26. The lowest BCUT2D eigenvalue weighted by Gasteiger charge is -2.22. The second-order valence-electron chi connectivity index (χ2n) is 7.64. The maximum atomic E-state index is 13.1. The molecule has 0 unspecified atom stereocenters. The molecule has 2 aliphatic heterocycles. The highest BCUT2D eigenvalue weighted by Crippen LogP contribution is 2.45. The molecule has 3 heterocycles. The van der Waals surface area contributed by atoms with Crippen LogP contribution in [0.15, 0.2) is 56.4 Å². The number of hydrogen-bond donors (Lipinski definition) is 2. The highest BCUT2D eigenvalue weighted by molar-refractivity contribution is 8.16. The number of aromatic nitrogens is 1. The summed E-state index contributed by atoms with van der Waals surface area (Å²) in [4.78, 5) is 18.0. The molecular weight excluding hydrogens is 521 g/mol. The Hall–Kier alpha value is -2.94. The quantitative estimate of drug-likeness (QED) is 0.382. The van der Waals surface area contributed by atoms with Gasteiger partial charge in [-0.05, 0) is 54.9 Å². The molecule has 1 aromatic heterocycles. The van der Waals surface area contributed by atoms with Crippen molar-refractivity contribution in [2.24, 2.45) is 4.40 Å². The number of aliphatic hydroxyl groups excluding tert-OH is 1. The van der Waals surface area contributed by atoms with E-state index in [0.29, 0.717) is 16.1 Å². The number of carbonyl (C=O) groups excluding carboxylic acids is 1. The Labute approximate surface area is 203 Å². The number of amides is 1. The molecule has 0 bridgehead atoms. The summed E-state index contributed by atoms with van der Waals surface area (Å²) in [5.41, 5.74) is 2.78. The van der Waals surface area contributed by atoms with E-state index >= 15 is 0 Å². The van der Waals surface area contributed by atoms with E-state index in [1.54, 1.807) is 37.3 Å². The fraction of sp³-hybridized carbons (Fsp3) is 0.150. The average molecular weight is 537 g/mol. The molecule has 0 radical (unpaired) electrons. The molecule has 2 aromatic carbocycles. The van der Waals surface area contributed by atoms with Crippen LogP contribution in [0.5, 0.6) is 0 Å². The minimum Gasteiger partial charge on any atom is -0.509 e. The molecule has 0 saturated heterocycles. The lowest BCUT2D eigenvalue weighted by Crippen LogP contribution is -2.41. The van der Waals surface area contributed by atoms with Gasteiger partial charge in [-0.2, -0.15) is 8.42 Å². The zero-order chi connectivity index (χ0) is 24.4. The first-order valence-corrected chi connectivity index (χ1v) is 14.4. The number of hydrogen-bond acceptors (Lipinski definition) is 9. The zero-order valence-corrected chi connectivity index (χ0v) is 20.9. The maximum Gasteiger partial charge on any atom is 0.293 e. The van der Waals surface area contributed by atoms with Crippen molar-refractivity contribution >= 4 is 75.3 Å². The summed E-state index contributed by atoms with van der Waals surface area (Å²) in [5, 5.41) is 10.5. The molecule has 0 fully saturated rings. The Morgan fingerprint density at radius 3 is 2.74 bits per heavy atom. The third-order valence-electron chi connectivity index (χ3n) is 5.04. The Morgan fingerprint density at radius 1 is 1.21 bits per heavy atom. The monoisotopic (exact) mass is 536 g/mol. The number of rotatable bonds is 4.